The summed E-state index contributed by atoms with van der Waals surface area (Å²) in [5.41, 5.74) is 11.2. The Morgan fingerprint density at radius 2 is 0.980 bits per heavy atom. The van der Waals surface area contributed by atoms with Crippen molar-refractivity contribution >= 4 is 43.9 Å². The van der Waals surface area contributed by atoms with Crippen LogP contribution < -0.4 is 11.3 Å². The van der Waals surface area contributed by atoms with Crippen molar-refractivity contribution in [2.75, 3.05) is 14.1 Å². The van der Waals surface area contributed by atoms with Gasteiger partial charge in [-0.25, -0.2) is 9.59 Å². The van der Waals surface area contributed by atoms with E-state index in [4.69, 9.17) is 17.7 Å². The van der Waals surface area contributed by atoms with Crippen molar-refractivity contribution in [3.63, 3.8) is 0 Å². The number of nitrogens with zero attached hydrogens (tertiary/aromatic N) is 1. The summed E-state index contributed by atoms with van der Waals surface area (Å²) in [5, 5.41) is 4.02. The number of hydrogen-bond acceptors (Lipinski definition) is 7. The van der Waals surface area contributed by atoms with Crippen molar-refractivity contribution < 1.29 is 17.7 Å². The molecule has 4 heterocycles. The van der Waals surface area contributed by atoms with Crippen LogP contribution >= 0.6 is 0 Å². The van der Waals surface area contributed by atoms with Crippen LogP contribution in [-0.4, -0.2) is 19.0 Å². The SMILES string of the molecule is Cc1c(-c2ccccc2)c2cc3c(C)c(CN(C)C)oc3c(C)c2oc1=O.Cc1c(-c2ccccc2)c2cc3c(C)coc3c(C)c2oc1=O. The van der Waals surface area contributed by atoms with Gasteiger partial charge < -0.3 is 22.6 Å². The average molecular weight is 666 g/mol. The highest BCUT2D eigenvalue weighted by atomic mass is 16.4. The Hall–Kier alpha value is -5.66. The Kier molecular flexibility index (Phi) is 8.32. The molecule has 7 heteroatoms. The van der Waals surface area contributed by atoms with Crippen molar-refractivity contribution in [2.24, 2.45) is 0 Å². The van der Waals surface area contributed by atoms with Crippen LogP contribution in [0, 0.1) is 41.5 Å². The molecule has 0 saturated carbocycles. The van der Waals surface area contributed by atoms with Crippen LogP contribution in [0.4, 0.5) is 0 Å². The van der Waals surface area contributed by atoms with Gasteiger partial charge in [0.05, 0.1) is 12.8 Å². The van der Waals surface area contributed by atoms with E-state index >= 15 is 0 Å². The molecular formula is C43H39NO6. The predicted octanol–water partition coefficient (Wildman–Crippen LogP) is 10.3. The van der Waals surface area contributed by atoms with Crippen molar-refractivity contribution in [1.29, 1.82) is 0 Å². The van der Waals surface area contributed by atoms with Gasteiger partial charge in [0.15, 0.2) is 0 Å². The van der Waals surface area contributed by atoms with Gasteiger partial charge in [0.25, 0.3) is 0 Å². The summed E-state index contributed by atoms with van der Waals surface area (Å²) in [4.78, 5) is 26.9. The summed E-state index contributed by atoms with van der Waals surface area (Å²) < 4.78 is 23.1. The van der Waals surface area contributed by atoms with Gasteiger partial charge in [-0.1, -0.05) is 60.7 Å². The fourth-order valence-electron chi connectivity index (χ4n) is 6.95. The van der Waals surface area contributed by atoms with E-state index in [1.54, 1.807) is 6.26 Å². The molecule has 50 heavy (non-hydrogen) atoms. The van der Waals surface area contributed by atoms with Crippen LogP contribution in [0.25, 0.3) is 66.1 Å². The third kappa shape index (κ3) is 5.44. The second kappa shape index (κ2) is 12.7. The number of fused-ring (bicyclic) bond motifs is 4. The zero-order valence-electron chi connectivity index (χ0n) is 29.6. The minimum atomic E-state index is -0.305. The molecule has 0 aliphatic rings. The number of aryl methyl sites for hydroxylation is 4. The smallest absolute Gasteiger partial charge is 0.339 e. The molecule has 4 aromatic heterocycles. The molecule has 0 spiro atoms. The molecule has 8 aromatic rings. The normalized spacial score (nSPS) is 11.6. The van der Waals surface area contributed by atoms with E-state index in [0.29, 0.717) is 22.3 Å². The van der Waals surface area contributed by atoms with Crippen LogP contribution in [0.3, 0.4) is 0 Å². The molecule has 252 valence electrons. The van der Waals surface area contributed by atoms with Gasteiger partial charge in [-0.05, 0) is 90.0 Å². The van der Waals surface area contributed by atoms with Gasteiger partial charge in [-0.3, -0.25) is 0 Å². The molecule has 0 bridgehead atoms. The van der Waals surface area contributed by atoms with Gasteiger partial charge in [0.1, 0.15) is 28.1 Å². The lowest BCUT2D eigenvalue weighted by molar-refractivity contribution is 0.356. The zero-order chi connectivity index (χ0) is 35.4. The lowest BCUT2D eigenvalue weighted by atomic mass is 9.95. The number of furan rings is 2. The van der Waals surface area contributed by atoms with E-state index in [-0.39, 0.29) is 11.3 Å². The largest absolute Gasteiger partial charge is 0.464 e. The molecule has 0 N–H and O–H groups in total. The number of hydrogen-bond donors (Lipinski definition) is 0. The van der Waals surface area contributed by atoms with Gasteiger partial charge >= 0.3 is 11.3 Å². The molecule has 0 amide bonds. The van der Waals surface area contributed by atoms with E-state index in [1.165, 1.54) is 0 Å². The highest BCUT2D eigenvalue weighted by Gasteiger charge is 2.21. The van der Waals surface area contributed by atoms with Crippen LogP contribution in [-0.2, 0) is 6.54 Å². The minimum absolute atomic E-state index is 0.304. The first-order valence-corrected chi connectivity index (χ1v) is 16.7. The first kappa shape index (κ1) is 32.9. The Labute approximate surface area is 289 Å². The third-order valence-electron chi connectivity index (χ3n) is 9.62. The topological polar surface area (TPSA) is 89.9 Å². The summed E-state index contributed by atoms with van der Waals surface area (Å²) >= 11 is 0. The maximum absolute atomic E-state index is 12.5. The van der Waals surface area contributed by atoms with Crippen molar-refractivity contribution in [2.45, 2.75) is 48.1 Å². The van der Waals surface area contributed by atoms with Gasteiger partial charge in [0.2, 0.25) is 0 Å². The van der Waals surface area contributed by atoms with Crippen molar-refractivity contribution in [1.82, 2.24) is 4.90 Å². The standard InChI is InChI=1S/C23H23NO3.C20H16O3/c1-13-17-11-18-20(16-9-7-6-8-10-16)14(2)23(25)27-22(18)15(3)21(17)26-19(13)12-24(4)5;1-11-10-22-18-13(3)19-16(9-15(11)18)17(12(2)20(21)23-19)14-7-5-4-6-8-14/h6-11H,12H2,1-5H3;4-10H,1-3H3. The van der Waals surface area contributed by atoms with E-state index in [1.807, 2.05) is 109 Å². The number of rotatable bonds is 4. The fourth-order valence-corrected chi connectivity index (χ4v) is 6.95. The minimum Gasteiger partial charge on any atom is -0.464 e. The lowest BCUT2D eigenvalue weighted by Gasteiger charge is -2.11. The molecule has 4 aromatic carbocycles. The molecule has 8 rings (SSSR count). The maximum Gasteiger partial charge on any atom is 0.339 e. The maximum atomic E-state index is 12.5. The fraction of sp³-hybridized carbons (Fsp3) is 0.209. The lowest BCUT2D eigenvalue weighted by Crippen LogP contribution is -2.10. The average Bonchev–Trinajstić information content (AvgIpc) is 3.63. The van der Waals surface area contributed by atoms with E-state index < -0.39 is 0 Å². The highest BCUT2D eigenvalue weighted by Crippen LogP contribution is 2.39. The van der Waals surface area contributed by atoms with E-state index in [2.05, 4.69) is 24.0 Å². The molecule has 0 atom stereocenters. The Bertz CT molecular complexity index is 2690. The monoisotopic (exact) mass is 665 g/mol. The Balaban J connectivity index is 0.000000159. The Morgan fingerprint density at radius 1 is 0.520 bits per heavy atom. The van der Waals surface area contributed by atoms with Gasteiger partial charge in [0, 0.05) is 54.9 Å². The molecule has 0 fully saturated rings. The van der Waals surface area contributed by atoms with E-state index in [0.717, 1.165) is 89.5 Å². The number of benzene rings is 4. The predicted molar refractivity (Wildman–Crippen MR) is 201 cm³/mol. The third-order valence-corrected chi connectivity index (χ3v) is 9.62. The molecule has 0 aliphatic carbocycles. The molecule has 0 unspecified atom stereocenters. The molecule has 7 nitrogen and oxygen atoms in total. The zero-order valence-corrected chi connectivity index (χ0v) is 29.6. The summed E-state index contributed by atoms with van der Waals surface area (Å²) in [7, 11) is 4.04. The van der Waals surface area contributed by atoms with Crippen LogP contribution in [0.1, 0.15) is 39.1 Å². The summed E-state index contributed by atoms with van der Waals surface area (Å²) in [6.07, 6.45) is 1.74. The summed E-state index contributed by atoms with van der Waals surface area (Å²) in [6, 6.07) is 24.1. The van der Waals surface area contributed by atoms with Gasteiger partial charge in [-0.2, -0.15) is 0 Å². The van der Waals surface area contributed by atoms with Gasteiger partial charge in [-0.15, -0.1) is 0 Å². The molecule has 0 radical (unpaired) electrons. The van der Waals surface area contributed by atoms with E-state index in [9.17, 15) is 9.59 Å². The van der Waals surface area contributed by atoms with Crippen LogP contribution in [0.5, 0.6) is 0 Å². The quantitative estimate of drug-likeness (QED) is 0.173. The first-order chi connectivity index (χ1) is 24.0. The van der Waals surface area contributed by atoms with Crippen LogP contribution in [0.15, 0.2) is 106 Å². The molecular weight excluding hydrogens is 626 g/mol. The van der Waals surface area contributed by atoms with Crippen LogP contribution in [0.2, 0.25) is 0 Å². The first-order valence-electron chi connectivity index (χ1n) is 16.7. The second-order valence-corrected chi connectivity index (χ2v) is 13.3. The summed E-state index contributed by atoms with van der Waals surface area (Å²) in [6.45, 7) is 12.4. The highest BCUT2D eigenvalue weighted by molar-refractivity contribution is 6.06. The Morgan fingerprint density at radius 3 is 1.48 bits per heavy atom. The summed E-state index contributed by atoms with van der Waals surface area (Å²) in [5.74, 6) is 0.939. The van der Waals surface area contributed by atoms with Crippen molar-refractivity contribution in [3.05, 3.63) is 139 Å². The second-order valence-electron chi connectivity index (χ2n) is 13.3. The van der Waals surface area contributed by atoms with Crippen molar-refractivity contribution in [3.8, 4) is 22.3 Å². The molecule has 0 saturated heterocycles. The molecule has 0 aliphatic heterocycles.